The summed E-state index contributed by atoms with van der Waals surface area (Å²) in [5.41, 5.74) is 2.66. The highest BCUT2D eigenvalue weighted by molar-refractivity contribution is 6.51. The van der Waals surface area contributed by atoms with Gasteiger partial charge in [0.2, 0.25) is 0 Å². The van der Waals surface area contributed by atoms with Crippen LogP contribution in [0, 0.1) is 0 Å². The van der Waals surface area contributed by atoms with Gasteiger partial charge in [0.25, 0.3) is 11.7 Å². The standard InChI is InChI=1S/C26H24N2O4/c1-16(2)20-15-18(9-10-21(20)32-3)24(29)22-23(17-11-13-27-14-12-17)28(26(31)25(22)30)19-7-5-4-6-8-19/h4-16,23,29H,1-3H3/b24-22-. The molecule has 2 aromatic carbocycles. The van der Waals surface area contributed by atoms with E-state index in [9.17, 15) is 14.7 Å². The van der Waals surface area contributed by atoms with Gasteiger partial charge in [-0.1, -0.05) is 32.0 Å². The van der Waals surface area contributed by atoms with Gasteiger partial charge in [-0.25, -0.2) is 0 Å². The maximum absolute atomic E-state index is 13.2. The summed E-state index contributed by atoms with van der Waals surface area (Å²) in [7, 11) is 1.59. The molecule has 4 rings (SSSR count). The zero-order valence-electron chi connectivity index (χ0n) is 18.1. The van der Waals surface area contributed by atoms with E-state index in [1.54, 1.807) is 74.1 Å². The molecule has 1 aliphatic rings. The SMILES string of the molecule is COc1ccc(/C(O)=C2/C(=O)C(=O)N(c3ccccc3)C2c2ccncc2)cc1C(C)C. The topological polar surface area (TPSA) is 79.7 Å². The van der Waals surface area contributed by atoms with Crippen molar-refractivity contribution in [2.24, 2.45) is 0 Å². The number of benzene rings is 2. The first-order chi connectivity index (χ1) is 15.4. The average molecular weight is 428 g/mol. The molecule has 1 saturated heterocycles. The molecule has 0 radical (unpaired) electrons. The van der Waals surface area contributed by atoms with E-state index in [4.69, 9.17) is 4.74 Å². The molecule has 3 aromatic rings. The number of methoxy groups -OCH3 is 1. The number of carbonyl (C=O) groups is 2. The van der Waals surface area contributed by atoms with Crippen LogP contribution in [0.3, 0.4) is 0 Å². The number of aliphatic hydroxyl groups excluding tert-OH is 1. The molecule has 0 aliphatic carbocycles. The predicted molar refractivity (Wildman–Crippen MR) is 123 cm³/mol. The molecule has 32 heavy (non-hydrogen) atoms. The first-order valence-electron chi connectivity index (χ1n) is 10.4. The fourth-order valence-electron chi connectivity index (χ4n) is 4.04. The molecule has 1 aliphatic heterocycles. The van der Waals surface area contributed by atoms with Gasteiger partial charge < -0.3 is 9.84 Å². The van der Waals surface area contributed by atoms with Crippen LogP contribution in [0.5, 0.6) is 5.75 Å². The molecule has 162 valence electrons. The van der Waals surface area contributed by atoms with Gasteiger partial charge in [0.1, 0.15) is 11.5 Å². The Hall–Kier alpha value is -3.93. The van der Waals surface area contributed by atoms with Crippen molar-refractivity contribution < 1.29 is 19.4 Å². The zero-order valence-corrected chi connectivity index (χ0v) is 18.1. The van der Waals surface area contributed by atoms with Crippen LogP contribution in [0.15, 0.2) is 78.6 Å². The number of ketones is 1. The number of para-hydroxylation sites is 1. The number of anilines is 1. The number of carbonyl (C=O) groups excluding carboxylic acids is 2. The monoisotopic (exact) mass is 428 g/mol. The number of hydrogen-bond acceptors (Lipinski definition) is 5. The minimum Gasteiger partial charge on any atom is -0.507 e. The number of rotatable bonds is 5. The van der Waals surface area contributed by atoms with Crippen molar-refractivity contribution in [1.29, 1.82) is 0 Å². The average Bonchev–Trinajstić information content (AvgIpc) is 3.09. The number of hydrogen-bond donors (Lipinski definition) is 1. The molecule has 6 heteroatoms. The Morgan fingerprint density at radius 3 is 2.34 bits per heavy atom. The van der Waals surface area contributed by atoms with E-state index in [2.05, 4.69) is 4.98 Å². The lowest BCUT2D eigenvalue weighted by atomic mass is 9.93. The second-order valence-corrected chi connectivity index (χ2v) is 7.90. The van der Waals surface area contributed by atoms with Gasteiger partial charge in [-0.15, -0.1) is 0 Å². The van der Waals surface area contributed by atoms with E-state index >= 15 is 0 Å². The van der Waals surface area contributed by atoms with Crippen molar-refractivity contribution in [3.63, 3.8) is 0 Å². The number of pyridine rings is 1. The molecule has 1 N–H and O–H groups in total. The third kappa shape index (κ3) is 3.64. The summed E-state index contributed by atoms with van der Waals surface area (Å²) in [6.07, 6.45) is 3.20. The summed E-state index contributed by atoms with van der Waals surface area (Å²) in [5.74, 6) is -0.784. The Kier molecular flexibility index (Phi) is 5.77. The molecular formula is C26H24N2O4. The van der Waals surface area contributed by atoms with Crippen LogP contribution in [0.25, 0.3) is 5.76 Å². The Bertz CT molecular complexity index is 1190. The summed E-state index contributed by atoms with van der Waals surface area (Å²) in [4.78, 5) is 31.8. The number of aliphatic hydroxyl groups is 1. The van der Waals surface area contributed by atoms with Crippen LogP contribution < -0.4 is 9.64 Å². The first kappa shape index (κ1) is 21.3. The summed E-state index contributed by atoms with van der Waals surface area (Å²) >= 11 is 0. The second kappa shape index (κ2) is 8.67. The molecule has 1 fully saturated rings. The molecule has 0 spiro atoms. The Labute approximate surface area is 186 Å². The first-order valence-corrected chi connectivity index (χ1v) is 10.4. The molecule has 1 amide bonds. The van der Waals surface area contributed by atoms with Crippen molar-refractivity contribution in [2.75, 3.05) is 12.0 Å². The van der Waals surface area contributed by atoms with Gasteiger partial charge in [-0.2, -0.15) is 0 Å². The maximum atomic E-state index is 13.2. The van der Waals surface area contributed by atoms with Crippen LogP contribution in [0.4, 0.5) is 5.69 Å². The number of ether oxygens (including phenoxy) is 1. The van der Waals surface area contributed by atoms with Gasteiger partial charge in [0.15, 0.2) is 0 Å². The van der Waals surface area contributed by atoms with Crippen LogP contribution in [-0.4, -0.2) is 28.9 Å². The minimum absolute atomic E-state index is 0.0462. The highest BCUT2D eigenvalue weighted by atomic mass is 16.5. The van der Waals surface area contributed by atoms with Gasteiger partial charge in [-0.05, 0) is 59.5 Å². The van der Waals surface area contributed by atoms with Crippen LogP contribution in [0.2, 0.25) is 0 Å². The van der Waals surface area contributed by atoms with E-state index in [0.29, 0.717) is 22.6 Å². The smallest absolute Gasteiger partial charge is 0.300 e. The quantitative estimate of drug-likeness (QED) is 0.357. The maximum Gasteiger partial charge on any atom is 0.300 e. The third-order valence-electron chi connectivity index (χ3n) is 5.63. The molecule has 1 atom stereocenters. The molecule has 1 unspecified atom stereocenters. The van der Waals surface area contributed by atoms with Crippen molar-refractivity contribution in [3.8, 4) is 5.75 Å². The molecule has 0 saturated carbocycles. The number of nitrogens with zero attached hydrogens (tertiary/aromatic N) is 2. The van der Waals surface area contributed by atoms with Crippen LogP contribution in [-0.2, 0) is 9.59 Å². The lowest BCUT2D eigenvalue weighted by Crippen LogP contribution is -2.29. The van der Waals surface area contributed by atoms with E-state index in [1.165, 1.54) is 4.90 Å². The van der Waals surface area contributed by atoms with E-state index < -0.39 is 17.7 Å². The minimum atomic E-state index is -0.773. The molecular weight excluding hydrogens is 404 g/mol. The number of amides is 1. The fourth-order valence-corrected chi connectivity index (χ4v) is 4.04. The lowest BCUT2D eigenvalue weighted by molar-refractivity contribution is -0.132. The van der Waals surface area contributed by atoms with Crippen molar-refractivity contribution in [1.82, 2.24) is 4.98 Å². The van der Waals surface area contributed by atoms with Gasteiger partial charge in [0.05, 0.1) is 18.7 Å². The van der Waals surface area contributed by atoms with E-state index in [-0.39, 0.29) is 17.3 Å². The van der Waals surface area contributed by atoms with Crippen molar-refractivity contribution in [2.45, 2.75) is 25.8 Å². The molecule has 1 aromatic heterocycles. The summed E-state index contributed by atoms with van der Waals surface area (Å²) < 4.78 is 5.44. The van der Waals surface area contributed by atoms with Gasteiger partial charge >= 0.3 is 0 Å². The number of Topliss-reactive ketones (excluding diaryl/α,β-unsaturated/α-hetero) is 1. The molecule has 0 bridgehead atoms. The largest absolute Gasteiger partial charge is 0.507 e. The predicted octanol–water partition coefficient (Wildman–Crippen LogP) is 4.84. The highest BCUT2D eigenvalue weighted by Gasteiger charge is 2.46. The highest BCUT2D eigenvalue weighted by Crippen LogP contribution is 2.42. The summed E-state index contributed by atoms with van der Waals surface area (Å²) in [5, 5.41) is 11.3. The summed E-state index contributed by atoms with van der Waals surface area (Å²) in [6, 6.07) is 17.0. The van der Waals surface area contributed by atoms with Crippen LogP contribution >= 0.6 is 0 Å². The van der Waals surface area contributed by atoms with E-state index in [0.717, 1.165) is 5.56 Å². The zero-order chi connectivity index (χ0) is 22.8. The Balaban J connectivity index is 1.93. The molecule has 6 nitrogen and oxygen atoms in total. The lowest BCUT2D eigenvalue weighted by Gasteiger charge is -2.25. The Morgan fingerprint density at radius 2 is 1.72 bits per heavy atom. The van der Waals surface area contributed by atoms with Crippen molar-refractivity contribution >= 4 is 23.1 Å². The second-order valence-electron chi connectivity index (χ2n) is 7.90. The third-order valence-corrected chi connectivity index (χ3v) is 5.63. The number of aromatic nitrogens is 1. The molecule has 2 heterocycles. The fraction of sp³-hybridized carbons (Fsp3) is 0.192. The normalized spacial score (nSPS) is 17.8. The van der Waals surface area contributed by atoms with Crippen LogP contribution in [0.1, 0.15) is 42.5 Å². The summed E-state index contributed by atoms with van der Waals surface area (Å²) in [6.45, 7) is 4.04. The van der Waals surface area contributed by atoms with Gasteiger partial charge in [-0.3, -0.25) is 19.5 Å². The Morgan fingerprint density at radius 1 is 1.03 bits per heavy atom. The van der Waals surface area contributed by atoms with Crippen molar-refractivity contribution in [3.05, 3.63) is 95.3 Å². The van der Waals surface area contributed by atoms with E-state index in [1.807, 2.05) is 19.9 Å². The van der Waals surface area contributed by atoms with Gasteiger partial charge in [0, 0.05) is 23.6 Å².